The highest BCUT2D eigenvalue weighted by atomic mass is 19.1. The molecule has 1 amide bonds. The van der Waals surface area contributed by atoms with E-state index in [2.05, 4.69) is 5.32 Å². The number of benzene rings is 1. The van der Waals surface area contributed by atoms with E-state index in [0.29, 0.717) is 12.1 Å². The number of halogens is 2. The van der Waals surface area contributed by atoms with Gasteiger partial charge in [0.1, 0.15) is 5.82 Å². The predicted molar refractivity (Wildman–Crippen MR) is 67.3 cm³/mol. The van der Waals surface area contributed by atoms with Crippen molar-refractivity contribution in [1.29, 1.82) is 0 Å². The standard InChI is InChI=1S/C13H14F2N2O3/c1-7-3-2-4-10(7)16-13(18)9-5-8(14)6-11(12(9)15)17(19)20/h5-7,10H,2-4H2,1H3,(H,16,18). The van der Waals surface area contributed by atoms with E-state index in [9.17, 15) is 23.7 Å². The van der Waals surface area contributed by atoms with Gasteiger partial charge in [-0.1, -0.05) is 13.3 Å². The van der Waals surface area contributed by atoms with Crippen molar-refractivity contribution in [1.82, 2.24) is 5.32 Å². The van der Waals surface area contributed by atoms with Crippen LogP contribution in [0.15, 0.2) is 12.1 Å². The molecule has 0 aliphatic heterocycles. The van der Waals surface area contributed by atoms with Gasteiger partial charge in [0, 0.05) is 6.04 Å². The molecule has 1 N–H and O–H groups in total. The summed E-state index contributed by atoms with van der Waals surface area (Å²) in [4.78, 5) is 21.5. The average Bonchev–Trinajstić information content (AvgIpc) is 2.77. The topological polar surface area (TPSA) is 72.2 Å². The maximum atomic E-state index is 13.9. The van der Waals surface area contributed by atoms with Crippen molar-refractivity contribution in [3.63, 3.8) is 0 Å². The highest BCUT2D eigenvalue weighted by Crippen LogP contribution is 2.26. The fraction of sp³-hybridized carbons (Fsp3) is 0.462. The molecule has 0 bridgehead atoms. The van der Waals surface area contributed by atoms with Crippen LogP contribution in [0.4, 0.5) is 14.5 Å². The van der Waals surface area contributed by atoms with Crippen LogP contribution in [0.2, 0.25) is 0 Å². The monoisotopic (exact) mass is 284 g/mol. The van der Waals surface area contributed by atoms with E-state index in [4.69, 9.17) is 0 Å². The fourth-order valence-electron chi connectivity index (χ4n) is 2.48. The summed E-state index contributed by atoms with van der Waals surface area (Å²) in [5.74, 6) is -2.88. The van der Waals surface area contributed by atoms with Crippen molar-refractivity contribution in [2.75, 3.05) is 0 Å². The lowest BCUT2D eigenvalue weighted by Crippen LogP contribution is -2.37. The summed E-state index contributed by atoms with van der Waals surface area (Å²) >= 11 is 0. The van der Waals surface area contributed by atoms with Crippen molar-refractivity contribution >= 4 is 11.6 Å². The van der Waals surface area contributed by atoms with Gasteiger partial charge in [0.2, 0.25) is 5.82 Å². The number of nitro benzene ring substituents is 1. The molecule has 20 heavy (non-hydrogen) atoms. The lowest BCUT2D eigenvalue weighted by Gasteiger charge is -2.17. The summed E-state index contributed by atoms with van der Waals surface area (Å²) in [6.45, 7) is 1.96. The molecular weight excluding hydrogens is 270 g/mol. The number of nitrogens with zero attached hydrogens (tertiary/aromatic N) is 1. The van der Waals surface area contributed by atoms with Crippen molar-refractivity contribution < 1.29 is 18.5 Å². The van der Waals surface area contributed by atoms with E-state index in [1.807, 2.05) is 6.92 Å². The smallest absolute Gasteiger partial charge is 0.308 e. The van der Waals surface area contributed by atoms with Crippen LogP contribution in [0, 0.1) is 27.7 Å². The minimum atomic E-state index is -1.31. The Bertz CT molecular complexity index is 563. The van der Waals surface area contributed by atoms with Crippen LogP contribution >= 0.6 is 0 Å². The first-order valence-electron chi connectivity index (χ1n) is 6.34. The van der Waals surface area contributed by atoms with Gasteiger partial charge in [0.15, 0.2) is 0 Å². The Hall–Kier alpha value is -2.05. The summed E-state index contributed by atoms with van der Waals surface area (Å²) < 4.78 is 27.1. The van der Waals surface area contributed by atoms with Crippen molar-refractivity contribution in [2.45, 2.75) is 32.2 Å². The number of rotatable bonds is 3. The lowest BCUT2D eigenvalue weighted by molar-refractivity contribution is -0.387. The molecule has 2 rings (SSSR count). The Morgan fingerprint density at radius 1 is 1.40 bits per heavy atom. The first-order valence-corrected chi connectivity index (χ1v) is 6.34. The van der Waals surface area contributed by atoms with E-state index in [-0.39, 0.29) is 12.0 Å². The second-order valence-corrected chi connectivity index (χ2v) is 5.03. The molecule has 0 aromatic heterocycles. The normalized spacial score (nSPS) is 21.8. The van der Waals surface area contributed by atoms with Gasteiger partial charge < -0.3 is 5.32 Å². The molecule has 0 radical (unpaired) electrons. The van der Waals surface area contributed by atoms with Gasteiger partial charge in [-0.15, -0.1) is 0 Å². The summed E-state index contributed by atoms with van der Waals surface area (Å²) in [6.07, 6.45) is 2.68. The van der Waals surface area contributed by atoms with Crippen LogP contribution in [0.25, 0.3) is 0 Å². The lowest BCUT2D eigenvalue weighted by atomic mass is 10.1. The van der Waals surface area contributed by atoms with Crippen LogP contribution in [0.3, 0.4) is 0 Å². The summed E-state index contributed by atoms with van der Waals surface area (Å²) in [7, 11) is 0. The Morgan fingerprint density at radius 3 is 2.65 bits per heavy atom. The molecule has 1 aromatic carbocycles. The van der Waals surface area contributed by atoms with Crippen LogP contribution < -0.4 is 5.32 Å². The zero-order chi connectivity index (χ0) is 14.9. The molecular formula is C13H14F2N2O3. The summed E-state index contributed by atoms with van der Waals surface area (Å²) in [6, 6.07) is 1.03. The molecule has 1 aromatic rings. The average molecular weight is 284 g/mol. The first-order chi connectivity index (χ1) is 9.40. The van der Waals surface area contributed by atoms with Gasteiger partial charge in [-0.05, 0) is 24.8 Å². The SMILES string of the molecule is CC1CCCC1NC(=O)c1cc(F)cc([N+](=O)[O-])c1F. The molecule has 0 spiro atoms. The molecule has 7 heteroatoms. The maximum absolute atomic E-state index is 13.9. The number of carbonyl (C=O) groups is 1. The minimum absolute atomic E-state index is 0.107. The predicted octanol–water partition coefficient (Wildman–Crippen LogP) is 2.79. The van der Waals surface area contributed by atoms with Gasteiger partial charge >= 0.3 is 5.69 Å². The number of hydrogen-bond acceptors (Lipinski definition) is 3. The second kappa shape index (κ2) is 5.52. The second-order valence-electron chi connectivity index (χ2n) is 5.03. The Labute approximate surface area is 114 Å². The molecule has 1 aliphatic rings. The number of hydrogen-bond donors (Lipinski definition) is 1. The zero-order valence-corrected chi connectivity index (χ0v) is 10.9. The van der Waals surface area contributed by atoms with E-state index in [1.165, 1.54) is 0 Å². The molecule has 1 fully saturated rings. The van der Waals surface area contributed by atoms with Crippen molar-refractivity contribution in [3.05, 3.63) is 39.4 Å². The van der Waals surface area contributed by atoms with E-state index in [0.717, 1.165) is 19.3 Å². The summed E-state index contributed by atoms with van der Waals surface area (Å²) in [5, 5.41) is 13.2. The first kappa shape index (κ1) is 14.4. The summed E-state index contributed by atoms with van der Waals surface area (Å²) in [5.41, 5.74) is -1.66. The third-order valence-corrected chi connectivity index (χ3v) is 3.64. The molecule has 0 saturated heterocycles. The van der Waals surface area contributed by atoms with Crippen LogP contribution in [-0.4, -0.2) is 16.9 Å². The van der Waals surface area contributed by atoms with Gasteiger partial charge in [0.25, 0.3) is 5.91 Å². The fourth-order valence-corrected chi connectivity index (χ4v) is 2.48. The zero-order valence-electron chi connectivity index (χ0n) is 10.9. The van der Waals surface area contributed by atoms with Gasteiger partial charge in [-0.25, -0.2) is 4.39 Å². The van der Waals surface area contributed by atoms with Gasteiger partial charge in [0.05, 0.1) is 16.6 Å². The highest BCUT2D eigenvalue weighted by molar-refractivity contribution is 5.95. The molecule has 1 aliphatic carbocycles. The van der Waals surface area contributed by atoms with Gasteiger partial charge in [-0.3, -0.25) is 14.9 Å². The van der Waals surface area contributed by atoms with E-state index in [1.54, 1.807) is 0 Å². The van der Waals surface area contributed by atoms with Crippen LogP contribution in [0.1, 0.15) is 36.5 Å². The minimum Gasteiger partial charge on any atom is -0.349 e. The third kappa shape index (κ3) is 2.76. The van der Waals surface area contributed by atoms with E-state index < -0.39 is 33.7 Å². The highest BCUT2D eigenvalue weighted by Gasteiger charge is 2.29. The largest absolute Gasteiger partial charge is 0.349 e. The number of nitro groups is 1. The Morgan fingerprint density at radius 2 is 2.10 bits per heavy atom. The van der Waals surface area contributed by atoms with Crippen molar-refractivity contribution in [3.8, 4) is 0 Å². The number of amides is 1. The maximum Gasteiger partial charge on any atom is 0.308 e. The molecule has 2 unspecified atom stereocenters. The molecule has 1 saturated carbocycles. The third-order valence-electron chi connectivity index (χ3n) is 3.64. The molecule has 2 atom stereocenters. The van der Waals surface area contributed by atoms with E-state index >= 15 is 0 Å². The van der Waals surface area contributed by atoms with Gasteiger partial charge in [-0.2, -0.15) is 4.39 Å². The van der Waals surface area contributed by atoms with Crippen LogP contribution in [-0.2, 0) is 0 Å². The molecule has 108 valence electrons. The Kier molecular flexibility index (Phi) is 3.96. The number of carbonyl (C=O) groups excluding carboxylic acids is 1. The Balaban J connectivity index is 2.27. The van der Waals surface area contributed by atoms with Crippen LogP contribution in [0.5, 0.6) is 0 Å². The number of nitrogens with one attached hydrogen (secondary N) is 1. The quantitative estimate of drug-likeness (QED) is 0.685. The molecule has 0 heterocycles. The molecule has 5 nitrogen and oxygen atoms in total. The van der Waals surface area contributed by atoms with Crippen molar-refractivity contribution in [2.24, 2.45) is 5.92 Å².